The second kappa shape index (κ2) is 6.56. The Balaban J connectivity index is 2.02. The van der Waals surface area contributed by atoms with E-state index in [1.165, 1.54) is 23.4 Å². The average molecular weight is 270 g/mol. The van der Waals surface area contributed by atoms with E-state index in [-0.39, 0.29) is 11.9 Å². The van der Waals surface area contributed by atoms with Gasteiger partial charge in [0.1, 0.15) is 0 Å². The molecule has 0 saturated carbocycles. The Morgan fingerprint density at radius 3 is 2.50 bits per heavy atom. The van der Waals surface area contributed by atoms with Crippen LogP contribution in [0.25, 0.3) is 10.8 Å². The first kappa shape index (κ1) is 14.6. The molecule has 0 amide bonds. The number of hydrogen-bond donors (Lipinski definition) is 0. The first-order valence-electron chi connectivity index (χ1n) is 7.15. The molecular weight excluding hydrogens is 248 g/mol. The Hall–Kier alpha value is -1.83. The predicted octanol–water partition coefficient (Wildman–Crippen LogP) is 4.22. The summed E-state index contributed by atoms with van der Waals surface area (Å²) in [6, 6.07) is 15.0. The lowest BCUT2D eigenvalue weighted by Gasteiger charge is -2.16. The SMILES string of the molecule is COC(=O)[C@@H](C)C[C@@H](C)Cc1ccc2ccccc2c1. The fourth-order valence-electron chi connectivity index (χ4n) is 2.75. The minimum absolute atomic E-state index is 0.0320. The second-order valence-corrected chi connectivity index (χ2v) is 5.65. The smallest absolute Gasteiger partial charge is 0.308 e. The van der Waals surface area contributed by atoms with Crippen molar-refractivity contribution >= 4 is 16.7 Å². The molecule has 0 N–H and O–H groups in total. The van der Waals surface area contributed by atoms with Crippen molar-refractivity contribution in [3.63, 3.8) is 0 Å². The van der Waals surface area contributed by atoms with E-state index in [0.29, 0.717) is 5.92 Å². The molecule has 0 radical (unpaired) electrons. The molecule has 0 saturated heterocycles. The van der Waals surface area contributed by atoms with E-state index < -0.39 is 0 Å². The lowest BCUT2D eigenvalue weighted by molar-refractivity contribution is -0.145. The molecule has 0 unspecified atom stereocenters. The molecule has 2 aromatic rings. The van der Waals surface area contributed by atoms with Crippen molar-refractivity contribution in [2.24, 2.45) is 11.8 Å². The van der Waals surface area contributed by atoms with Crippen LogP contribution >= 0.6 is 0 Å². The van der Waals surface area contributed by atoms with Crippen molar-refractivity contribution < 1.29 is 9.53 Å². The third kappa shape index (κ3) is 3.60. The van der Waals surface area contributed by atoms with E-state index in [1.54, 1.807) is 0 Å². The van der Waals surface area contributed by atoms with Gasteiger partial charge in [-0.2, -0.15) is 0 Å². The van der Waals surface area contributed by atoms with E-state index in [4.69, 9.17) is 4.74 Å². The number of carbonyl (C=O) groups excluding carboxylic acids is 1. The van der Waals surface area contributed by atoms with Crippen LogP contribution in [-0.4, -0.2) is 13.1 Å². The van der Waals surface area contributed by atoms with Crippen molar-refractivity contribution in [1.82, 2.24) is 0 Å². The lowest BCUT2D eigenvalue weighted by Crippen LogP contribution is -2.16. The third-order valence-corrected chi connectivity index (χ3v) is 3.76. The van der Waals surface area contributed by atoms with E-state index in [9.17, 15) is 4.79 Å². The van der Waals surface area contributed by atoms with Gasteiger partial charge in [0, 0.05) is 0 Å². The number of hydrogen-bond acceptors (Lipinski definition) is 2. The largest absolute Gasteiger partial charge is 0.469 e. The summed E-state index contributed by atoms with van der Waals surface area (Å²) in [6.45, 7) is 4.12. The standard InChI is InChI=1S/C18H22O2/c1-13(10-14(2)18(19)20-3)11-15-8-9-16-6-4-5-7-17(16)12-15/h4-9,12-14H,10-11H2,1-3H3/t13-,14+/m1/s1. The quantitative estimate of drug-likeness (QED) is 0.760. The molecule has 0 bridgehead atoms. The average Bonchev–Trinajstić information content (AvgIpc) is 2.46. The van der Waals surface area contributed by atoms with Gasteiger partial charge in [0.2, 0.25) is 0 Å². The summed E-state index contributed by atoms with van der Waals surface area (Å²) in [5.74, 6) is 0.316. The van der Waals surface area contributed by atoms with E-state index in [1.807, 2.05) is 6.92 Å². The Bertz CT molecular complexity index is 589. The highest BCUT2D eigenvalue weighted by Crippen LogP contribution is 2.21. The molecule has 0 aliphatic carbocycles. The minimum atomic E-state index is -0.115. The Labute approximate surface area is 120 Å². The minimum Gasteiger partial charge on any atom is -0.469 e. The van der Waals surface area contributed by atoms with Crippen molar-refractivity contribution in [2.75, 3.05) is 7.11 Å². The highest BCUT2D eigenvalue weighted by atomic mass is 16.5. The number of fused-ring (bicyclic) bond motifs is 1. The molecule has 0 spiro atoms. The van der Waals surface area contributed by atoms with Gasteiger partial charge in [0.15, 0.2) is 0 Å². The highest BCUT2D eigenvalue weighted by Gasteiger charge is 2.16. The maximum atomic E-state index is 11.5. The number of ether oxygens (including phenoxy) is 1. The summed E-state index contributed by atoms with van der Waals surface area (Å²) in [7, 11) is 1.45. The van der Waals surface area contributed by atoms with Crippen molar-refractivity contribution in [1.29, 1.82) is 0 Å². The molecule has 2 heteroatoms. The third-order valence-electron chi connectivity index (χ3n) is 3.76. The van der Waals surface area contributed by atoms with Gasteiger partial charge in [-0.1, -0.05) is 56.3 Å². The van der Waals surface area contributed by atoms with Crippen molar-refractivity contribution in [2.45, 2.75) is 26.7 Å². The molecule has 2 aromatic carbocycles. The summed E-state index contributed by atoms with van der Waals surface area (Å²) in [5.41, 5.74) is 1.33. The van der Waals surface area contributed by atoms with Gasteiger partial charge in [0.25, 0.3) is 0 Å². The Morgan fingerprint density at radius 2 is 1.80 bits per heavy atom. The molecule has 0 aliphatic rings. The highest BCUT2D eigenvalue weighted by molar-refractivity contribution is 5.83. The summed E-state index contributed by atoms with van der Waals surface area (Å²) >= 11 is 0. The van der Waals surface area contributed by atoms with Gasteiger partial charge in [-0.15, -0.1) is 0 Å². The van der Waals surface area contributed by atoms with Crippen LogP contribution in [-0.2, 0) is 16.0 Å². The number of benzene rings is 2. The van der Waals surface area contributed by atoms with Crippen LogP contribution in [0.1, 0.15) is 25.8 Å². The molecule has 0 aromatic heterocycles. The fourth-order valence-corrected chi connectivity index (χ4v) is 2.75. The normalized spacial score (nSPS) is 13.9. The molecule has 0 heterocycles. The van der Waals surface area contributed by atoms with E-state index >= 15 is 0 Å². The van der Waals surface area contributed by atoms with Gasteiger partial charge >= 0.3 is 5.97 Å². The van der Waals surface area contributed by atoms with Crippen LogP contribution in [0.3, 0.4) is 0 Å². The Morgan fingerprint density at radius 1 is 1.10 bits per heavy atom. The van der Waals surface area contributed by atoms with Gasteiger partial charge in [-0.3, -0.25) is 4.79 Å². The molecule has 0 aliphatic heterocycles. The molecule has 2 atom stereocenters. The molecule has 0 fully saturated rings. The summed E-state index contributed by atoms with van der Waals surface area (Å²) in [4.78, 5) is 11.5. The number of methoxy groups -OCH3 is 1. The van der Waals surface area contributed by atoms with Crippen molar-refractivity contribution in [3.8, 4) is 0 Å². The molecule has 106 valence electrons. The monoisotopic (exact) mass is 270 g/mol. The molecule has 2 nitrogen and oxygen atoms in total. The summed E-state index contributed by atoms with van der Waals surface area (Å²) < 4.78 is 4.78. The predicted molar refractivity (Wildman–Crippen MR) is 82.6 cm³/mol. The van der Waals surface area contributed by atoms with Crippen LogP contribution in [0.2, 0.25) is 0 Å². The van der Waals surface area contributed by atoms with Gasteiger partial charge in [0.05, 0.1) is 13.0 Å². The van der Waals surface area contributed by atoms with Gasteiger partial charge in [-0.25, -0.2) is 0 Å². The van der Waals surface area contributed by atoms with Crippen LogP contribution in [0.5, 0.6) is 0 Å². The Kier molecular flexibility index (Phi) is 4.78. The zero-order valence-corrected chi connectivity index (χ0v) is 12.4. The fraction of sp³-hybridized carbons (Fsp3) is 0.389. The first-order valence-corrected chi connectivity index (χ1v) is 7.15. The van der Waals surface area contributed by atoms with Crippen LogP contribution in [0.4, 0.5) is 0 Å². The van der Waals surface area contributed by atoms with Crippen molar-refractivity contribution in [3.05, 3.63) is 48.0 Å². The number of rotatable bonds is 5. The maximum Gasteiger partial charge on any atom is 0.308 e. The van der Waals surface area contributed by atoms with E-state index in [2.05, 4.69) is 49.4 Å². The zero-order chi connectivity index (χ0) is 14.5. The second-order valence-electron chi connectivity index (χ2n) is 5.65. The topological polar surface area (TPSA) is 26.3 Å². The summed E-state index contributed by atoms with van der Waals surface area (Å²) in [5, 5.41) is 2.55. The van der Waals surface area contributed by atoms with Crippen LogP contribution in [0.15, 0.2) is 42.5 Å². The lowest BCUT2D eigenvalue weighted by atomic mass is 9.91. The zero-order valence-electron chi connectivity index (χ0n) is 12.4. The van der Waals surface area contributed by atoms with E-state index in [0.717, 1.165) is 12.8 Å². The van der Waals surface area contributed by atoms with Crippen LogP contribution in [0, 0.1) is 11.8 Å². The van der Waals surface area contributed by atoms with Gasteiger partial charge in [-0.05, 0) is 35.1 Å². The number of esters is 1. The maximum absolute atomic E-state index is 11.5. The summed E-state index contributed by atoms with van der Waals surface area (Å²) in [6.07, 6.45) is 1.85. The molecule has 2 rings (SSSR count). The molecular formula is C18H22O2. The van der Waals surface area contributed by atoms with Gasteiger partial charge < -0.3 is 4.74 Å². The van der Waals surface area contributed by atoms with Crippen LogP contribution < -0.4 is 0 Å². The molecule has 20 heavy (non-hydrogen) atoms. The first-order chi connectivity index (χ1) is 9.60. The number of carbonyl (C=O) groups is 1.